The molecule has 3 rings (SSSR count). The largest absolute Gasteiger partial charge is 0.360 e. The Morgan fingerprint density at radius 2 is 2.17 bits per heavy atom. The van der Waals surface area contributed by atoms with Crippen molar-refractivity contribution in [2.24, 2.45) is 0 Å². The minimum Gasteiger partial charge on any atom is -0.360 e. The summed E-state index contributed by atoms with van der Waals surface area (Å²) in [7, 11) is 0. The Balaban J connectivity index is 1.68. The summed E-state index contributed by atoms with van der Waals surface area (Å²) in [5, 5.41) is 9.54. The number of aryl methyl sites for hydroxylation is 1. The van der Waals surface area contributed by atoms with Gasteiger partial charge < -0.3 is 20.1 Å². The lowest BCUT2D eigenvalue weighted by Crippen LogP contribution is -2.37. The standard InChI is InChI=1S/C16H18N4O3/c1-11-13(14(19-23-11)12-5-3-2-4-6-12)15(21)17-7-9-20-10-8-18-16(20)22/h2-6H,7-10H2,1H3,(H,17,21)(H,18,22). The highest BCUT2D eigenvalue weighted by atomic mass is 16.5. The molecule has 1 aliphatic rings. The number of hydrogen-bond acceptors (Lipinski definition) is 4. The average Bonchev–Trinajstić information content (AvgIpc) is 3.14. The number of hydrogen-bond donors (Lipinski definition) is 2. The lowest BCUT2D eigenvalue weighted by molar-refractivity contribution is 0.0949. The molecule has 0 spiro atoms. The van der Waals surface area contributed by atoms with Crippen LogP contribution in [0.4, 0.5) is 4.79 Å². The van der Waals surface area contributed by atoms with Crippen molar-refractivity contribution in [1.29, 1.82) is 0 Å². The molecule has 1 aromatic carbocycles. The van der Waals surface area contributed by atoms with Crippen molar-refractivity contribution < 1.29 is 14.1 Å². The van der Waals surface area contributed by atoms with Crippen LogP contribution in [0.25, 0.3) is 11.3 Å². The molecule has 1 saturated heterocycles. The minimum atomic E-state index is -0.248. The SMILES string of the molecule is Cc1onc(-c2ccccc2)c1C(=O)NCCN1CCNC1=O. The number of nitrogens with zero attached hydrogens (tertiary/aromatic N) is 2. The van der Waals surface area contributed by atoms with Gasteiger partial charge in [-0.1, -0.05) is 35.5 Å². The first-order chi connectivity index (χ1) is 11.2. The van der Waals surface area contributed by atoms with Gasteiger partial charge in [-0.2, -0.15) is 0 Å². The van der Waals surface area contributed by atoms with Gasteiger partial charge in [-0.05, 0) is 6.92 Å². The fourth-order valence-electron chi connectivity index (χ4n) is 2.55. The van der Waals surface area contributed by atoms with Crippen molar-refractivity contribution in [3.8, 4) is 11.3 Å². The monoisotopic (exact) mass is 314 g/mol. The molecule has 0 aliphatic carbocycles. The highest BCUT2D eigenvalue weighted by molar-refractivity contribution is 6.00. The van der Waals surface area contributed by atoms with E-state index in [2.05, 4.69) is 15.8 Å². The summed E-state index contributed by atoms with van der Waals surface area (Å²) in [4.78, 5) is 25.6. The van der Waals surface area contributed by atoms with Crippen molar-refractivity contribution in [1.82, 2.24) is 20.7 Å². The number of amides is 3. The first-order valence-corrected chi connectivity index (χ1v) is 7.49. The van der Waals surface area contributed by atoms with Crippen LogP contribution in [0, 0.1) is 6.92 Å². The number of benzene rings is 1. The molecular weight excluding hydrogens is 296 g/mol. The Morgan fingerprint density at radius 3 is 2.87 bits per heavy atom. The number of urea groups is 1. The van der Waals surface area contributed by atoms with E-state index in [0.29, 0.717) is 43.2 Å². The zero-order valence-electron chi connectivity index (χ0n) is 12.8. The second kappa shape index (κ2) is 6.51. The lowest BCUT2D eigenvalue weighted by Gasteiger charge is -2.14. The Bertz CT molecular complexity index is 711. The summed E-state index contributed by atoms with van der Waals surface area (Å²) in [6.07, 6.45) is 0. The fraction of sp³-hybridized carbons (Fsp3) is 0.312. The highest BCUT2D eigenvalue weighted by Crippen LogP contribution is 2.24. The molecular formula is C16H18N4O3. The van der Waals surface area contributed by atoms with Crippen LogP contribution in [-0.4, -0.2) is 48.2 Å². The third-order valence-corrected chi connectivity index (χ3v) is 3.75. The third kappa shape index (κ3) is 3.18. The number of carbonyl (C=O) groups is 2. The van der Waals surface area contributed by atoms with E-state index >= 15 is 0 Å². The normalized spacial score (nSPS) is 14.0. The highest BCUT2D eigenvalue weighted by Gasteiger charge is 2.22. The molecule has 7 nitrogen and oxygen atoms in total. The molecule has 23 heavy (non-hydrogen) atoms. The second-order valence-electron chi connectivity index (χ2n) is 5.30. The van der Waals surface area contributed by atoms with E-state index in [4.69, 9.17) is 4.52 Å². The van der Waals surface area contributed by atoms with Crippen LogP contribution in [0.2, 0.25) is 0 Å². The number of aromatic nitrogens is 1. The first kappa shape index (κ1) is 15.1. The smallest absolute Gasteiger partial charge is 0.317 e. The molecule has 0 bridgehead atoms. The Labute approximate surface area is 133 Å². The fourth-order valence-corrected chi connectivity index (χ4v) is 2.55. The summed E-state index contributed by atoms with van der Waals surface area (Å²) in [5.74, 6) is 0.225. The zero-order chi connectivity index (χ0) is 16.2. The van der Waals surface area contributed by atoms with Crippen molar-refractivity contribution >= 4 is 11.9 Å². The van der Waals surface area contributed by atoms with Gasteiger partial charge in [-0.3, -0.25) is 4.79 Å². The maximum atomic E-state index is 12.4. The second-order valence-corrected chi connectivity index (χ2v) is 5.30. The Morgan fingerprint density at radius 1 is 1.39 bits per heavy atom. The van der Waals surface area contributed by atoms with Crippen LogP contribution >= 0.6 is 0 Å². The van der Waals surface area contributed by atoms with Crippen LogP contribution in [0.5, 0.6) is 0 Å². The predicted molar refractivity (Wildman–Crippen MR) is 84.0 cm³/mol. The first-order valence-electron chi connectivity index (χ1n) is 7.49. The molecule has 1 fully saturated rings. The molecule has 7 heteroatoms. The van der Waals surface area contributed by atoms with Gasteiger partial charge in [0.1, 0.15) is 17.0 Å². The quantitative estimate of drug-likeness (QED) is 0.873. The van der Waals surface area contributed by atoms with Crippen LogP contribution in [0.15, 0.2) is 34.9 Å². The maximum absolute atomic E-state index is 12.4. The summed E-state index contributed by atoms with van der Waals surface area (Å²) in [5.41, 5.74) is 1.79. The molecule has 0 radical (unpaired) electrons. The zero-order valence-corrected chi connectivity index (χ0v) is 12.8. The molecule has 2 aromatic rings. The van der Waals surface area contributed by atoms with Gasteiger partial charge in [0, 0.05) is 31.7 Å². The topological polar surface area (TPSA) is 87.5 Å². The van der Waals surface area contributed by atoms with E-state index in [0.717, 1.165) is 5.56 Å². The van der Waals surface area contributed by atoms with Gasteiger partial charge in [0.05, 0.1) is 0 Å². The number of rotatable bonds is 5. The van der Waals surface area contributed by atoms with E-state index in [-0.39, 0.29) is 11.9 Å². The molecule has 2 heterocycles. The van der Waals surface area contributed by atoms with Crippen molar-refractivity contribution in [3.63, 3.8) is 0 Å². The summed E-state index contributed by atoms with van der Waals surface area (Å²) in [6, 6.07) is 9.33. The minimum absolute atomic E-state index is 0.0922. The van der Waals surface area contributed by atoms with Gasteiger partial charge in [-0.25, -0.2) is 4.79 Å². The predicted octanol–water partition coefficient (Wildman–Crippen LogP) is 1.41. The molecule has 0 atom stereocenters. The van der Waals surface area contributed by atoms with Crippen LogP contribution < -0.4 is 10.6 Å². The van der Waals surface area contributed by atoms with E-state index in [1.807, 2.05) is 30.3 Å². The van der Waals surface area contributed by atoms with Gasteiger partial charge in [0.15, 0.2) is 0 Å². The van der Waals surface area contributed by atoms with Gasteiger partial charge in [0.25, 0.3) is 5.91 Å². The molecule has 0 unspecified atom stereocenters. The Hall–Kier alpha value is -2.83. The molecule has 3 amide bonds. The van der Waals surface area contributed by atoms with E-state index in [9.17, 15) is 9.59 Å². The number of carbonyl (C=O) groups excluding carboxylic acids is 2. The molecule has 120 valence electrons. The summed E-state index contributed by atoms with van der Waals surface area (Å²) in [6.45, 7) is 3.88. The van der Waals surface area contributed by atoms with Crippen molar-refractivity contribution in [2.45, 2.75) is 6.92 Å². The van der Waals surface area contributed by atoms with Gasteiger partial charge >= 0.3 is 6.03 Å². The molecule has 1 aromatic heterocycles. The third-order valence-electron chi connectivity index (χ3n) is 3.75. The molecule has 2 N–H and O–H groups in total. The molecule has 1 aliphatic heterocycles. The number of nitrogens with one attached hydrogen (secondary N) is 2. The van der Waals surface area contributed by atoms with E-state index < -0.39 is 0 Å². The summed E-state index contributed by atoms with van der Waals surface area (Å²) < 4.78 is 5.18. The van der Waals surface area contributed by atoms with Gasteiger partial charge in [0.2, 0.25) is 0 Å². The maximum Gasteiger partial charge on any atom is 0.317 e. The average molecular weight is 314 g/mol. The van der Waals surface area contributed by atoms with E-state index in [1.165, 1.54) is 0 Å². The Kier molecular flexibility index (Phi) is 4.27. The lowest BCUT2D eigenvalue weighted by atomic mass is 10.1. The summed E-state index contributed by atoms with van der Waals surface area (Å²) >= 11 is 0. The van der Waals surface area contributed by atoms with E-state index in [1.54, 1.807) is 11.8 Å². The van der Waals surface area contributed by atoms with Crippen LogP contribution in [-0.2, 0) is 0 Å². The van der Waals surface area contributed by atoms with Crippen LogP contribution in [0.1, 0.15) is 16.1 Å². The van der Waals surface area contributed by atoms with Crippen molar-refractivity contribution in [3.05, 3.63) is 41.7 Å². The van der Waals surface area contributed by atoms with Crippen LogP contribution in [0.3, 0.4) is 0 Å². The van der Waals surface area contributed by atoms with Crippen molar-refractivity contribution in [2.75, 3.05) is 26.2 Å². The molecule has 0 saturated carbocycles. The van der Waals surface area contributed by atoms with Gasteiger partial charge in [-0.15, -0.1) is 0 Å².